The Labute approximate surface area is 130 Å². The Kier molecular flexibility index (Phi) is 4.93. The van der Waals surface area contributed by atoms with Crippen molar-refractivity contribution in [3.05, 3.63) is 35.6 Å². The van der Waals surface area contributed by atoms with Crippen LogP contribution in [-0.4, -0.2) is 22.8 Å². The van der Waals surface area contributed by atoms with Crippen LogP contribution in [0.15, 0.2) is 24.3 Å². The molecule has 1 fully saturated rings. The molecular weight excluding hydrogens is 287 g/mol. The second-order valence-corrected chi connectivity index (χ2v) is 6.23. The minimum absolute atomic E-state index is 0.0148. The van der Waals surface area contributed by atoms with Gasteiger partial charge in [-0.15, -0.1) is 0 Å². The van der Waals surface area contributed by atoms with Crippen molar-refractivity contribution < 1.29 is 9.18 Å². The zero-order chi connectivity index (χ0) is 15.5. The van der Waals surface area contributed by atoms with Crippen LogP contribution in [0.5, 0.6) is 0 Å². The quantitative estimate of drug-likeness (QED) is 0.870. The molecule has 0 atom stereocenters. The molecule has 21 heavy (non-hydrogen) atoms. The highest BCUT2D eigenvalue weighted by atomic mass is 32.1. The first kappa shape index (κ1) is 15.9. The molecule has 114 valence electrons. The maximum atomic E-state index is 12.9. The van der Waals surface area contributed by atoms with E-state index < -0.39 is 5.41 Å². The number of carbonyl (C=O) groups excluding carboxylic acids is 1. The molecule has 2 N–H and O–H groups in total. The van der Waals surface area contributed by atoms with Crippen LogP contribution in [-0.2, 0) is 11.3 Å². The number of nitrogens with zero attached hydrogens (tertiary/aromatic N) is 1. The third kappa shape index (κ3) is 3.40. The lowest BCUT2D eigenvalue weighted by Crippen LogP contribution is -2.50. The summed E-state index contributed by atoms with van der Waals surface area (Å²) in [5.41, 5.74) is 6.09. The van der Waals surface area contributed by atoms with E-state index in [0.717, 1.165) is 37.7 Å². The summed E-state index contributed by atoms with van der Waals surface area (Å²) in [6.45, 7) is 0.434. The van der Waals surface area contributed by atoms with E-state index in [-0.39, 0.29) is 11.7 Å². The smallest absolute Gasteiger partial charge is 0.235 e. The van der Waals surface area contributed by atoms with Crippen LogP contribution in [0.4, 0.5) is 4.39 Å². The van der Waals surface area contributed by atoms with Crippen molar-refractivity contribution in [1.82, 2.24) is 4.90 Å². The van der Waals surface area contributed by atoms with Crippen molar-refractivity contribution in [2.75, 3.05) is 7.05 Å². The molecule has 0 bridgehead atoms. The number of benzene rings is 1. The van der Waals surface area contributed by atoms with Gasteiger partial charge in [-0.3, -0.25) is 4.79 Å². The van der Waals surface area contributed by atoms with Gasteiger partial charge in [-0.05, 0) is 30.5 Å². The summed E-state index contributed by atoms with van der Waals surface area (Å²) in [4.78, 5) is 14.8. The normalized spacial score (nSPS) is 17.2. The predicted octanol–water partition coefficient (Wildman–Crippen LogP) is 3.02. The standard InChI is InChI=1S/C16H21FN2OS/c1-19(11-12-5-7-13(17)8-6-12)15(20)16(14(18)21)9-3-2-4-10-16/h5-8H,2-4,9-11H2,1H3,(H2,18,21). The van der Waals surface area contributed by atoms with Crippen LogP contribution >= 0.6 is 12.2 Å². The van der Waals surface area contributed by atoms with E-state index in [1.165, 1.54) is 12.1 Å². The summed E-state index contributed by atoms with van der Waals surface area (Å²) in [5, 5.41) is 0. The highest BCUT2D eigenvalue weighted by molar-refractivity contribution is 7.80. The van der Waals surface area contributed by atoms with Gasteiger partial charge in [0.1, 0.15) is 5.82 Å². The molecular formula is C16H21FN2OS. The average molecular weight is 308 g/mol. The van der Waals surface area contributed by atoms with Gasteiger partial charge in [0, 0.05) is 13.6 Å². The minimum Gasteiger partial charge on any atom is -0.392 e. The van der Waals surface area contributed by atoms with Gasteiger partial charge in [-0.25, -0.2) is 4.39 Å². The summed E-state index contributed by atoms with van der Waals surface area (Å²) >= 11 is 5.19. The molecule has 1 aromatic carbocycles. The zero-order valence-electron chi connectivity index (χ0n) is 12.3. The monoisotopic (exact) mass is 308 g/mol. The number of amides is 1. The van der Waals surface area contributed by atoms with E-state index in [9.17, 15) is 9.18 Å². The first-order chi connectivity index (χ1) is 9.95. The van der Waals surface area contributed by atoms with E-state index in [4.69, 9.17) is 18.0 Å². The second kappa shape index (κ2) is 6.52. The van der Waals surface area contributed by atoms with Gasteiger partial charge in [0.2, 0.25) is 5.91 Å². The molecule has 1 aliphatic rings. The molecule has 1 aliphatic carbocycles. The van der Waals surface area contributed by atoms with Gasteiger partial charge in [0.25, 0.3) is 0 Å². The lowest BCUT2D eigenvalue weighted by molar-refractivity contribution is -0.138. The van der Waals surface area contributed by atoms with Crippen LogP contribution in [0.1, 0.15) is 37.7 Å². The molecule has 0 radical (unpaired) electrons. The van der Waals surface area contributed by atoms with Gasteiger partial charge in [0.15, 0.2) is 0 Å². The fourth-order valence-corrected chi connectivity index (χ4v) is 3.31. The van der Waals surface area contributed by atoms with Crippen molar-refractivity contribution in [2.24, 2.45) is 11.1 Å². The van der Waals surface area contributed by atoms with Crippen molar-refractivity contribution >= 4 is 23.1 Å². The van der Waals surface area contributed by atoms with Crippen molar-refractivity contribution in [1.29, 1.82) is 0 Å². The van der Waals surface area contributed by atoms with Crippen LogP contribution in [0.25, 0.3) is 0 Å². The molecule has 1 aromatic rings. The molecule has 0 heterocycles. The Morgan fingerprint density at radius 1 is 1.29 bits per heavy atom. The Morgan fingerprint density at radius 3 is 2.38 bits per heavy atom. The molecule has 5 heteroatoms. The van der Waals surface area contributed by atoms with Crippen LogP contribution in [0, 0.1) is 11.2 Å². The highest BCUT2D eigenvalue weighted by Gasteiger charge is 2.43. The Hall–Kier alpha value is -1.49. The van der Waals surface area contributed by atoms with Crippen LogP contribution < -0.4 is 5.73 Å². The number of hydrogen-bond acceptors (Lipinski definition) is 2. The number of nitrogens with two attached hydrogens (primary N) is 1. The average Bonchev–Trinajstić information content (AvgIpc) is 2.49. The van der Waals surface area contributed by atoms with Gasteiger partial charge in [-0.2, -0.15) is 0 Å². The van der Waals surface area contributed by atoms with Crippen LogP contribution in [0.3, 0.4) is 0 Å². The fourth-order valence-electron chi connectivity index (χ4n) is 3.02. The van der Waals surface area contributed by atoms with E-state index in [2.05, 4.69) is 0 Å². The molecule has 0 aliphatic heterocycles. The minimum atomic E-state index is -0.692. The van der Waals surface area contributed by atoms with E-state index in [1.807, 2.05) is 0 Å². The third-order valence-corrected chi connectivity index (χ3v) is 4.66. The first-order valence-corrected chi connectivity index (χ1v) is 7.66. The molecule has 0 saturated heterocycles. The summed E-state index contributed by atoms with van der Waals surface area (Å²) in [6.07, 6.45) is 4.55. The zero-order valence-corrected chi connectivity index (χ0v) is 13.1. The fraction of sp³-hybridized carbons (Fsp3) is 0.500. The summed E-state index contributed by atoms with van der Waals surface area (Å²) in [7, 11) is 1.75. The summed E-state index contributed by atoms with van der Waals surface area (Å²) in [5.74, 6) is -0.293. The summed E-state index contributed by atoms with van der Waals surface area (Å²) < 4.78 is 12.9. The molecule has 1 amide bonds. The highest BCUT2D eigenvalue weighted by Crippen LogP contribution is 2.38. The maximum absolute atomic E-state index is 12.9. The van der Waals surface area contributed by atoms with Crippen molar-refractivity contribution in [2.45, 2.75) is 38.6 Å². The van der Waals surface area contributed by atoms with E-state index in [1.54, 1.807) is 24.1 Å². The largest absolute Gasteiger partial charge is 0.392 e. The maximum Gasteiger partial charge on any atom is 0.235 e. The van der Waals surface area contributed by atoms with Gasteiger partial charge >= 0.3 is 0 Å². The predicted molar refractivity (Wildman–Crippen MR) is 85.2 cm³/mol. The Bertz CT molecular complexity index is 524. The van der Waals surface area contributed by atoms with Crippen molar-refractivity contribution in [3.8, 4) is 0 Å². The molecule has 0 spiro atoms. The lowest BCUT2D eigenvalue weighted by atomic mass is 9.73. The number of hydrogen-bond donors (Lipinski definition) is 1. The van der Waals surface area contributed by atoms with Crippen molar-refractivity contribution in [3.63, 3.8) is 0 Å². The molecule has 2 rings (SSSR count). The number of rotatable bonds is 4. The number of carbonyl (C=O) groups is 1. The Morgan fingerprint density at radius 2 is 1.86 bits per heavy atom. The topological polar surface area (TPSA) is 46.3 Å². The Balaban J connectivity index is 2.13. The lowest BCUT2D eigenvalue weighted by Gasteiger charge is -2.37. The van der Waals surface area contributed by atoms with Gasteiger partial charge < -0.3 is 10.6 Å². The molecule has 0 unspecified atom stereocenters. The van der Waals surface area contributed by atoms with Crippen LogP contribution in [0.2, 0.25) is 0 Å². The second-order valence-electron chi connectivity index (χ2n) is 5.79. The molecule has 1 saturated carbocycles. The number of halogens is 1. The molecule has 0 aromatic heterocycles. The van der Waals surface area contributed by atoms with E-state index in [0.29, 0.717) is 11.5 Å². The van der Waals surface area contributed by atoms with Gasteiger partial charge in [0.05, 0.1) is 10.4 Å². The molecule has 3 nitrogen and oxygen atoms in total. The number of thiocarbonyl (C=S) groups is 1. The summed E-state index contributed by atoms with van der Waals surface area (Å²) in [6, 6.07) is 6.18. The SMILES string of the molecule is CN(Cc1ccc(F)cc1)C(=O)C1(C(N)=S)CCCCC1. The van der Waals surface area contributed by atoms with E-state index >= 15 is 0 Å². The third-order valence-electron chi connectivity index (χ3n) is 4.27. The van der Waals surface area contributed by atoms with Gasteiger partial charge in [-0.1, -0.05) is 43.6 Å². The first-order valence-electron chi connectivity index (χ1n) is 7.25.